The Labute approximate surface area is 570 Å². The summed E-state index contributed by atoms with van der Waals surface area (Å²) in [7, 11) is 0. The minimum Gasteiger partial charge on any atom is -0.254 e. The molecular weight excluding hydrogens is 1230 g/mol. The molecule has 10 heterocycles. The second-order valence-electron chi connectivity index (χ2n) is 24.5. The Hall–Kier alpha value is -14.0. The van der Waals surface area contributed by atoms with Crippen LogP contribution < -0.4 is 0 Å². The number of aromatic nitrogens is 14. The largest absolute Gasteiger partial charge is 0.254 e. The van der Waals surface area contributed by atoms with Crippen molar-refractivity contribution in [3.05, 3.63) is 304 Å². The fraction of sp³-hybridized carbons (Fsp3) is 0. The maximum Gasteiger partial charge on any atom is 0.182 e. The van der Waals surface area contributed by atoms with Crippen LogP contribution in [0.1, 0.15) is 0 Å². The lowest BCUT2D eigenvalue weighted by Gasteiger charge is -2.11. The smallest absolute Gasteiger partial charge is 0.182 e. The van der Waals surface area contributed by atoms with Crippen molar-refractivity contribution in [1.29, 1.82) is 0 Å². The molecule has 14 heteroatoms. The molecule has 0 saturated carbocycles. The van der Waals surface area contributed by atoms with Gasteiger partial charge in [0.15, 0.2) is 34.9 Å². The highest BCUT2D eigenvalue weighted by Gasteiger charge is 2.20. The molecule has 10 aromatic heterocycles. The number of rotatable bonds is 8. The van der Waals surface area contributed by atoms with Gasteiger partial charge in [0.2, 0.25) is 0 Å². The van der Waals surface area contributed by atoms with Crippen LogP contribution >= 0.6 is 0 Å². The average Bonchev–Trinajstić information content (AvgIpc) is 0.780. The normalized spacial score (nSPS) is 11.6. The van der Waals surface area contributed by atoms with Crippen molar-refractivity contribution in [3.8, 4) is 91.1 Å². The first kappa shape index (κ1) is 57.5. The second-order valence-corrected chi connectivity index (χ2v) is 24.5. The molecule has 0 aliphatic heterocycles. The van der Waals surface area contributed by atoms with Gasteiger partial charge in [0.25, 0.3) is 0 Å². The number of nitrogens with zero attached hydrogens (tertiary/aromatic N) is 14. The van der Waals surface area contributed by atoms with Crippen molar-refractivity contribution in [1.82, 2.24) is 69.8 Å². The van der Waals surface area contributed by atoms with Crippen molar-refractivity contribution in [2.45, 2.75) is 0 Å². The summed E-state index contributed by atoms with van der Waals surface area (Å²) < 4.78 is 0. The van der Waals surface area contributed by atoms with Crippen LogP contribution in [0.3, 0.4) is 0 Å². The molecule has 100 heavy (non-hydrogen) atoms. The van der Waals surface area contributed by atoms with E-state index in [0.29, 0.717) is 57.7 Å². The third-order valence-electron chi connectivity index (χ3n) is 18.4. The minimum atomic E-state index is 0.455. The summed E-state index contributed by atoms with van der Waals surface area (Å²) in [5.41, 5.74) is 15.3. The van der Waals surface area contributed by atoms with E-state index in [0.717, 1.165) is 115 Å². The van der Waals surface area contributed by atoms with E-state index in [9.17, 15) is 0 Å². The number of benzene rings is 10. The van der Waals surface area contributed by atoms with E-state index in [1.54, 1.807) is 24.8 Å². The predicted molar refractivity (Wildman–Crippen MR) is 401 cm³/mol. The van der Waals surface area contributed by atoms with Crippen LogP contribution in [0.25, 0.3) is 200 Å². The highest BCUT2D eigenvalue weighted by Crippen LogP contribution is 2.36. The molecule has 20 rings (SSSR count). The lowest BCUT2D eigenvalue weighted by Crippen LogP contribution is -2.02. The predicted octanol–water partition coefficient (Wildman–Crippen LogP) is 19.8. The highest BCUT2D eigenvalue weighted by molar-refractivity contribution is 6.07. The van der Waals surface area contributed by atoms with Gasteiger partial charge in [0, 0.05) is 79.0 Å². The fourth-order valence-corrected chi connectivity index (χ4v) is 13.3. The van der Waals surface area contributed by atoms with Gasteiger partial charge < -0.3 is 0 Å². The van der Waals surface area contributed by atoms with Crippen molar-refractivity contribution >= 4 is 109 Å². The van der Waals surface area contributed by atoms with Crippen LogP contribution in [-0.2, 0) is 0 Å². The Balaban J connectivity index is 0.000000139. The zero-order valence-electron chi connectivity index (χ0n) is 53.1. The van der Waals surface area contributed by atoms with Gasteiger partial charge in [0.1, 0.15) is 22.8 Å². The molecule has 0 radical (unpaired) electrons. The zero-order valence-corrected chi connectivity index (χ0v) is 53.1. The van der Waals surface area contributed by atoms with Crippen molar-refractivity contribution < 1.29 is 0 Å². The van der Waals surface area contributed by atoms with Crippen LogP contribution in [0.4, 0.5) is 0 Å². The quantitative estimate of drug-likeness (QED) is 0.131. The number of hydrogen-bond donors (Lipinski definition) is 0. The van der Waals surface area contributed by atoms with Crippen LogP contribution in [0.2, 0.25) is 0 Å². The van der Waals surface area contributed by atoms with E-state index in [2.05, 4.69) is 202 Å². The molecule has 0 fully saturated rings. The first-order valence-corrected chi connectivity index (χ1v) is 32.8. The third kappa shape index (κ3) is 10.5. The van der Waals surface area contributed by atoms with Gasteiger partial charge in [-0.2, -0.15) is 0 Å². The molecule has 464 valence electrons. The molecule has 20 aromatic rings. The van der Waals surface area contributed by atoms with Crippen molar-refractivity contribution in [3.63, 3.8) is 0 Å². The molecule has 0 atom stereocenters. The SMILES string of the molecule is c1ccc2c(-c3ccc(-c4nc(-c5ccc6ccc7cccnc7c6n5)nc(-c5ccc6ccc7cccnc7c6n5)n4)cc3)cccc2c1.c1ccc2cc(-c3ccc(-c4nc(-c5ccc6ccc7cccnc7c6n5)nc(-c5ccc6ccc7cccnc7c6n5)n4)cc3)ccc2c1. The Morgan fingerprint density at radius 2 is 0.450 bits per heavy atom. The molecule has 0 aliphatic carbocycles. The Kier molecular flexibility index (Phi) is 13.8. The summed E-state index contributed by atoms with van der Waals surface area (Å²) in [6.07, 6.45) is 7.17. The van der Waals surface area contributed by atoms with Gasteiger partial charge in [-0.1, -0.05) is 224 Å². The summed E-state index contributed by atoms with van der Waals surface area (Å²) >= 11 is 0. The van der Waals surface area contributed by atoms with E-state index in [1.807, 2.05) is 97.1 Å². The molecule has 0 amide bonds. The maximum atomic E-state index is 5.07. The van der Waals surface area contributed by atoms with E-state index in [4.69, 9.17) is 49.8 Å². The van der Waals surface area contributed by atoms with Gasteiger partial charge in [0.05, 0.1) is 44.1 Å². The lowest BCUT2D eigenvalue weighted by molar-refractivity contribution is 1.05. The van der Waals surface area contributed by atoms with Gasteiger partial charge >= 0.3 is 0 Å². The van der Waals surface area contributed by atoms with Crippen LogP contribution in [0, 0.1) is 0 Å². The summed E-state index contributed by atoms with van der Waals surface area (Å²) in [5, 5.41) is 12.9. The van der Waals surface area contributed by atoms with Gasteiger partial charge in [-0.05, 0) is 98.4 Å². The molecule has 0 saturated heterocycles. The molecule has 0 spiro atoms. The summed E-state index contributed by atoms with van der Waals surface area (Å²) in [5.74, 6) is 2.89. The minimum absolute atomic E-state index is 0.455. The summed E-state index contributed by atoms with van der Waals surface area (Å²) in [6.45, 7) is 0. The molecule has 14 nitrogen and oxygen atoms in total. The number of pyridine rings is 8. The molecule has 0 aliphatic rings. The average molecular weight is 1280 g/mol. The van der Waals surface area contributed by atoms with Gasteiger partial charge in [-0.25, -0.2) is 49.8 Å². The van der Waals surface area contributed by atoms with E-state index in [-0.39, 0.29) is 0 Å². The van der Waals surface area contributed by atoms with Crippen molar-refractivity contribution in [2.24, 2.45) is 0 Å². The van der Waals surface area contributed by atoms with Crippen LogP contribution in [-0.4, -0.2) is 69.8 Å². The first-order valence-electron chi connectivity index (χ1n) is 32.8. The van der Waals surface area contributed by atoms with Gasteiger partial charge in [-0.3, -0.25) is 19.9 Å². The molecule has 0 N–H and O–H groups in total. The third-order valence-corrected chi connectivity index (χ3v) is 18.4. The Bertz CT molecular complexity index is 6400. The number of hydrogen-bond acceptors (Lipinski definition) is 14. The first-order chi connectivity index (χ1) is 49.5. The Morgan fingerprint density at radius 3 is 0.860 bits per heavy atom. The number of fused-ring (bicyclic) bond motifs is 14. The van der Waals surface area contributed by atoms with Crippen molar-refractivity contribution in [2.75, 3.05) is 0 Å². The van der Waals surface area contributed by atoms with Crippen LogP contribution in [0.5, 0.6) is 0 Å². The molecule has 0 bridgehead atoms. The van der Waals surface area contributed by atoms with Crippen LogP contribution in [0.15, 0.2) is 304 Å². The van der Waals surface area contributed by atoms with E-state index >= 15 is 0 Å². The van der Waals surface area contributed by atoms with Gasteiger partial charge in [-0.15, -0.1) is 0 Å². The fourth-order valence-electron chi connectivity index (χ4n) is 13.3. The lowest BCUT2D eigenvalue weighted by atomic mass is 9.97. The Morgan fingerprint density at radius 1 is 0.160 bits per heavy atom. The molecular formula is C86H50N14. The zero-order chi connectivity index (χ0) is 66.0. The topological polar surface area (TPSA) is 180 Å². The molecule has 10 aromatic carbocycles. The van der Waals surface area contributed by atoms with E-state index in [1.165, 1.54) is 27.1 Å². The second kappa shape index (κ2) is 24.0. The standard InChI is InChI=1S/2C43H25N7/c1-2-10-33-26(6-1)7-3-11-34(33)27-12-18-32(19-13-27)41-48-42(35-22-20-30-16-14-28-8-4-24-44-37(28)39(30)46-35)50-43(49-41)36-23-21-31-17-15-29-9-5-25-45-38(29)40(31)47-36;1-2-6-33-25-34(18-11-26(33)5-1)27-9-16-32(17-10-27)41-48-42(35-21-19-30-14-12-28-7-3-23-44-37(28)39(30)46-35)50-43(49-41)36-22-20-31-15-13-29-8-4-24-45-38(29)40(31)47-36/h2*1-25H. The maximum absolute atomic E-state index is 5.07. The van der Waals surface area contributed by atoms with E-state index < -0.39 is 0 Å². The summed E-state index contributed by atoms with van der Waals surface area (Å²) in [4.78, 5) is 68.8. The highest BCUT2D eigenvalue weighted by atomic mass is 15.1. The molecule has 0 unspecified atom stereocenters. The summed E-state index contributed by atoms with van der Waals surface area (Å²) in [6, 6.07) is 94.9. The monoisotopic (exact) mass is 1280 g/mol.